The van der Waals surface area contributed by atoms with Crippen LogP contribution in [0.5, 0.6) is 0 Å². The van der Waals surface area contributed by atoms with Gasteiger partial charge in [-0.25, -0.2) is 0 Å². The van der Waals surface area contributed by atoms with Crippen molar-refractivity contribution in [3.63, 3.8) is 0 Å². The highest BCUT2D eigenvalue weighted by atomic mass is 16.2. The van der Waals surface area contributed by atoms with Gasteiger partial charge in [-0.05, 0) is 38.0 Å². The van der Waals surface area contributed by atoms with Crippen LogP contribution in [0, 0.1) is 13.8 Å². The van der Waals surface area contributed by atoms with Crippen LogP contribution < -0.4 is 5.32 Å². The Hall–Kier alpha value is -2.63. The molecule has 1 aromatic heterocycles. The SMILES string of the molecule is Cc1n[nH]c(C)c1-c1cccc(C(=O)N[C@@H]2CCN(C)C2=O)c1. The molecule has 6 nitrogen and oxygen atoms in total. The largest absolute Gasteiger partial charge is 0.344 e. The molecule has 0 saturated carbocycles. The maximum atomic E-state index is 12.4. The molecule has 0 unspecified atom stereocenters. The number of aryl methyl sites for hydroxylation is 2. The molecule has 0 radical (unpaired) electrons. The van der Waals surface area contributed by atoms with Crippen LogP contribution in [-0.4, -0.2) is 46.5 Å². The third-order valence-electron chi connectivity index (χ3n) is 4.27. The number of hydrogen-bond acceptors (Lipinski definition) is 3. The molecule has 2 aromatic rings. The number of aromatic amines is 1. The first kappa shape index (κ1) is 15.3. The predicted molar refractivity (Wildman–Crippen MR) is 87.0 cm³/mol. The quantitative estimate of drug-likeness (QED) is 0.904. The summed E-state index contributed by atoms with van der Waals surface area (Å²) in [5, 5.41) is 9.97. The number of benzene rings is 1. The molecule has 0 spiro atoms. The van der Waals surface area contributed by atoms with Gasteiger partial charge < -0.3 is 10.2 Å². The van der Waals surface area contributed by atoms with Gasteiger partial charge in [-0.3, -0.25) is 14.7 Å². The third-order valence-corrected chi connectivity index (χ3v) is 4.27. The fourth-order valence-electron chi connectivity index (χ4n) is 2.99. The zero-order chi connectivity index (χ0) is 16.6. The molecule has 2 N–H and O–H groups in total. The zero-order valence-electron chi connectivity index (χ0n) is 13.5. The van der Waals surface area contributed by atoms with Gasteiger partial charge in [0.05, 0.1) is 5.69 Å². The maximum absolute atomic E-state index is 12.4. The molecule has 1 atom stereocenters. The van der Waals surface area contributed by atoms with Crippen LogP contribution in [0.1, 0.15) is 28.2 Å². The molecule has 1 saturated heterocycles. The van der Waals surface area contributed by atoms with E-state index < -0.39 is 6.04 Å². The third kappa shape index (κ3) is 2.84. The maximum Gasteiger partial charge on any atom is 0.251 e. The van der Waals surface area contributed by atoms with Crippen LogP contribution in [0.3, 0.4) is 0 Å². The molecule has 1 aliphatic heterocycles. The summed E-state index contributed by atoms with van der Waals surface area (Å²) in [5.41, 5.74) is 4.36. The number of aromatic nitrogens is 2. The Morgan fingerprint density at radius 3 is 2.78 bits per heavy atom. The van der Waals surface area contributed by atoms with E-state index in [1.54, 1.807) is 18.0 Å². The Morgan fingerprint density at radius 2 is 2.17 bits per heavy atom. The van der Waals surface area contributed by atoms with Crippen molar-refractivity contribution in [2.45, 2.75) is 26.3 Å². The molecule has 6 heteroatoms. The van der Waals surface area contributed by atoms with Crippen molar-refractivity contribution in [2.75, 3.05) is 13.6 Å². The summed E-state index contributed by atoms with van der Waals surface area (Å²) >= 11 is 0. The monoisotopic (exact) mass is 312 g/mol. The first-order chi connectivity index (χ1) is 11.0. The van der Waals surface area contributed by atoms with E-state index in [1.807, 2.05) is 32.0 Å². The van der Waals surface area contributed by atoms with Crippen molar-refractivity contribution < 1.29 is 9.59 Å². The van der Waals surface area contributed by atoms with Crippen LogP contribution in [0.2, 0.25) is 0 Å². The minimum atomic E-state index is -0.423. The first-order valence-electron chi connectivity index (χ1n) is 7.65. The second-order valence-electron chi connectivity index (χ2n) is 5.96. The molecule has 2 amide bonds. The Bertz CT molecular complexity index is 746. The van der Waals surface area contributed by atoms with Gasteiger partial charge in [-0.2, -0.15) is 5.10 Å². The highest BCUT2D eigenvalue weighted by molar-refractivity contribution is 5.99. The number of amides is 2. The second-order valence-corrected chi connectivity index (χ2v) is 5.96. The van der Waals surface area contributed by atoms with Crippen molar-refractivity contribution in [1.82, 2.24) is 20.4 Å². The van der Waals surface area contributed by atoms with E-state index in [9.17, 15) is 9.59 Å². The van der Waals surface area contributed by atoms with Crippen LogP contribution in [-0.2, 0) is 4.79 Å². The van der Waals surface area contributed by atoms with Crippen molar-refractivity contribution in [3.05, 3.63) is 41.2 Å². The number of H-pyrrole nitrogens is 1. The zero-order valence-corrected chi connectivity index (χ0v) is 13.5. The lowest BCUT2D eigenvalue weighted by Gasteiger charge is -2.13. The van der Waals surface area contributed by atoms with E-state index in [0.717, 1.165) is 22.5 Å². The van der Waals surface area contributed by atoms with Crippen LogP contribution in [0.4, 0.5) is 0 Å². The highest BCUT2D eigenvalue weighted by Crippen LogP contribution is 2.26. The molecular weight excluding hydrogens is 292 g/mol. The van der Waals surface area contributed by atoms with Gasteiger partial charge in [-0.1, -0.05) is 12.1 Å². The number of nitrogens with one attached hydrogen (secondary N) is 2. The van der Waals surface area contributed by atoms with Crippen LogP contribution in [0.25, 0.3) is 11.1 Å². The van der Waals surface area contributed by atoms with Gasteiger partial charge in [0.25, 0.3) is 5.91 Å². The molecule has 1 aromatic carbocycles. The lowest BCUT2D eigenvalue weighted by Crippen LogP contribution is -2.40. The molecule has 120 valence electrons. The average molecular weight is 312 g/mol. The summed E-state index contributed by atoms with van der Waals surface area (Å²) < 4.78 is 0. The predicted octanol–water partition coefficient (Wildman–Crippen LogP) is 1.65. The minimum Gasteiger partial charge on any atom is -0.344 e. The summed E-state index contributed by atoms with van der Waals surface area (Å²) in [7, 11) is 1.75. The van der Waals surface area contributed by atoms with E-state index >= 15 is 0 Å². The first-order valence-corrected chi connectivity index (χ1v) is 7.65. The van der Waals surface area contributed by atoms with Crippen molar-refractivity contribution in [2.24, 2.45) is 0 Å². The number of nitrogens with zero attached hydrogens (tertiary/aromatic N) is 2. The van der Waals surface area contributed by atoms with Gasteiger partial charge in [-0.15, -0.1) is 0 Å². The highest BCUT2D eigenvalue weighted by Gasteiger charge is 2.30. The van der Waals surface area contributed by atoms with Gasteiger partial charge in [0.15, 0.2) is 0 Å². The van der Waals surface area contributed by atoms with E-state index in [1.165, 1.54) is 0 Å². The van der Waals surface area contributed by atoms with E-state index in [2.05, 4.69) is 15.5 Å². The summed E-state index contributed by atoms with van der Waals surface area (Å²) in [5.74, 6) is -0.254. The van der Waals surface area contributed by atoms with E-state index in [4.69, 9.17) is 0 Å². The number of carbonyl (C=O) groups is 2. The van der Waals surface area contributed by atoms with Gasteiger partial charge in [0.1, 0.15) is 6.04 Å². The molecule has 0 aliphatic carbocycles. The molecule has 0 bridgehead atoms. The summed E-state index contributed by atoms with van der Waals surface area (Å²) in [4.78, 5) is 26.0. The standard InChI is InChI=1S/C17H20N4O2/c1-10-15(11(2)20-19-10)12-5-4-6-13(9-12)16(22)18-14-7-8-21(3)17(14)23/h4-6,9,14H,7-8H2,1-3H3,(H,18,22)(H,19,20)/t14-/m1/s1. The fraction of sp³-hybridized carbons (Fsp3) is 0.353. The molecular formula is C17H20N4O2. The van der Waals surface area contributed by atoms with Crippen LogP contribution in [0.15, 0.2) is 24.3 Å². The fourth-order valence-corrected chi connectivity index (χ4v) is 2.99. The Labute approximate surface area is 134 Å². The van der Waals surface area contributed by atoms with Gasteiger partial charge in [0.2, 0.25) is 5.91 Å². The summed E-state index contributed by atoms with van der Waals surface area (Å²) in [6.07, 6.45) is 0.653. The number of likely N-dealkylation sites (N-methyl/N-ethyl adjacent to an activating group) is 1. The van der Waals surface area contributed by atoms with Gasteiger partial charge in [0, 0.05) is 30.4 Å². The molecule has 2 heterocycles. The van der Waals surface area contributed by atoms with Crippen molar-refractivity contribution in [3.8, 4) is 11.1 Å². The summed E-state index contributed by atoms with van der Waals surface area (Å²) in [6.45, 7) is 4.56. The Balaban J connectivity index is 1.83. The van der Waals surface area contributed by atoms with Crippen molar-refractivity contribution >= 4 is 11.8 Å². The second kappa shape index (κ2) is 5.87. The molecule has 1 aliphatic rings. The smallest absolute Gasteiger partial charge is 0.251 e. The molecule has 1 fully saturated rings. The topological polar surface area (TPSA) is 78.1 Å². The number of likely N-dealkylation sites (tertiary alicyclic amines) is 1. The van der Waals surface area contributed by atoms with Crippen LogP contribution >= 0.6 is 0 Å². The normalized spacial score (nSPS) is 17.6. The van der Waals surface area contributed by atoms with E-state index in [-0.39, 0.29) is 11.8 Å². The Kier molecular flexibility index (Phi) is 3.90. The lowest BCUT2D eigenvalue weighted by molar-refractivity contribution is -0.128. The molecule has 3 rings (SSSR count). The molecule has 23 heavy (non-hydrogen) atoms. The number of carbonyl (C=O) groups excluding carboxylic acids is 2. The average Bonchev–Trinajstić information content (AvgIpc) is 3.03. The lowest BCUT2D eigenvalue weighted by atomic mass is 10.0. The Morgan fingerprint density at radius 1 is 1.39 bits per heavy atom. The number of hydrogen-bond donors (Lipinski definition) is 2. The summed E-state index contributed by atoms with van der Waals surface area (Å²) in [6, 6.07) is 6.97. The van der Waals surface area contributed by atoms with Gasteiger partial charge >= 0.3 is 0 Å². The van der Waals surface area contributed by atoms with E-state index in [0.29, 0.717) is 18.5 Å². The minimum absolute atomic E-state index is 0.0315. The van der Waals surface area contributed by atoms with Crippen molar-refractivity contribution in [1.29, 1.82) is 0 Å². The number of rotatable bonds is 3.